The minimum Gasteiger partial charge on any atom is -0.493 e. The van der Waals surface area contributed by atoms with Crippen LogP contribution in [0, 0.1) is 11.3 Å². The first-order valence-corrected chi connectivity index (χ1v) is 6.26. The number of nitrogens with zero attached hydrogens (tertiary/aromatic N) is 1. The molecule has 0 saturated heterocycles. The summed E-state index contributed by atoms with van der Waals surface area (Å²) in [6.45, 7) is 0.296. The molecule has 2 aromatic carbocycles. The zero-order valence-corrected chi connectivity index (χ0v) is 10.9. The Morgan fingerprint density at radius 1 is 1.10 bits per heavy atom. The fourth-order valence-corrected chi connectivity index (χ4v) is 1.68. The van der Waals surface area contributed by atoms with Gasteiger partial charge in [-0.2, -0.15) is 5.26 Å². The van der Waals surface area contributed by atoms with E-state index in [-0.39, 0.29) is 12.3 Å². The third-order valence-electron chi connectivity index (χ3n) is 2.66. The molecule has 100 valence electrons. The van der Waals surface area contributed by atoms with E-state index in [9.17, 15) is 4.79 Å². The fraction of sp³-hybridized carbons (Fsp3) is 0.125. The van der Waals surface area contributed by atoms with Gasteiger partial charge in [-0.05, 0) is 24.3 Å². The van der Waals surface area contributed by atoms with E-state index in [1.807, 2.05) is 36.4 Å². The molecule has 0 fully saturated rings. The first-order chi connectivity index (χ1) is 9.79. The van der Waals surface area contributed by atoms with Crippen molar-refractivity contribution in [2.45, 2.75) is 6.42 Å². The topological polar surface area (TPSA) is 62.1 Å². The lowest BCUT2D eigenvalue weighted by atomic mass is 10.2. The standard InChI is InChI=1S/C16H14N2O2/c17-12-13-6-4-5-9-15(13)18-16(19)10-11-20-14-7-2-1-3-8-14/h1-9H,10-11H2,(H,18,19). The average Bonchev–Trinajstić information content (AvgIpc) is 2.49. The summed E-state index contributed by atoms with van der Waals surface area (Å²) in [5.41, 5.74) is 0.976. The summed E-state index contributed by atoms with van der Waals surface area (Å²) in [6, 6.07) is 18.3. The quantitative estimate of drug-likeness (QED) is 0.905. The van der Waals surface area contributed by atoms with E-state index in [0.29, 0.717) is 17.9 Å². The van der Waals surface area contributed by atoms with Crippen molar-refractivity contribution >= 4 is 11.6 Å². The molecule has 20 heavy (non-hydrogen) atoms. The highest BCUT2D eigenvalue weighted by Gasteiger charge is 2.06. The van der Waals surface area contributed by atoms with Gasteiger partial charge in [-0.1, -0.05) is 30.3 Å². The molecule has 0 aliphatic heterocycles. The van der Waals surface area contributed by atoms with E-state index in [0.717, 1.165) is 5.75 Å². The number of benzene rings is 2. The summed E-state index contributed by atoms with van der Waals surface area (Å²) in [7, 11) is 0. The second-order valence-corrected chi connectivity index (χ2v) is 4.12. The van der Waals surface area contributed by atoms with Crippen LogP contribution >= 0.6 is 0 Å². The molecule has 2 rings (SSSR count). The molecule has 2 aromatic rings. The molecular weight excluding hydrogens is 252 g/mol. The zero-order valence-electron chi connectivity index (χ0n) is 10.9. The van der Waals surface area contributed by atoms with Crippen LogP contribution in [0.1, 0.15) is 12.0 Å². The highest BCUT2D eigenvalue weighted by atomic mass is 16.5. The highest BCUT2D eigenvalue weighted by Crippen LogP contribution is 2.14. The smallest absolute Gasteiger partial charge is 0.227 e. The van der Waals surface area contributed by atoms with E-state index in [1.54, 1.807) is 24.3 Å². The number of carbonyl (C=O) groups excluding carboxylic acids is 1. The first-order valence-electron chi connectivity index (χ1n) is 6.26. The van der Waals surface area contributed by atoms with Gasteiger partial charge in [-0.25, -0.2) is 0 Å². The number of rotatable bonds is 5. The molecule has 0 saturated carbocycles. The van der Waals surface area contributed by atoms with Gasteiger partial charge in [0, 0.05) is 0 Å². The van der Waals surface area contributed by atoms with Gasteiger partial charge in [0.25, 0.3) is 0 Å². The summed E-state index contributed by atoms with van der Waals surface area (Å²) >= 11 is 0. The second kappa shape index (κ2) is 6.95. The van der Waals surface area contributed by atoms with Crippen LogP contribution in [0.2, 0.25) is 0 Å². The van der Waals surface area contributed by atoms with E-state index >= 15 is 0 Å². The van der Waals surface area contributed by atoms with Gasteiger partial charge in [0.15, 0.2) is 0 Å². The molecule has 0 bridgehead atoms. The predicted octanol–water partition coefficient (Wildman–Crippen LogP) is 2.97. The number of hydrogen-bond acceptors (Lipinski definition) is 3. The number of nitriles is 1. The van der Waals surface area contributed by atoms with E-state index in [2.05, 4.69) is 5.32 Å². The molecule has 0 aliphatic rings. The van der Waals surface area contributed by atoms with Crippen LogP contribution in [-0.4, -0.2) is 12.5 Å². The van der Waals surface area contributed by atoms with Gasteiger partial charge in [-0.15, -0.1) is 0 Å². The SMILES string of the molecule is N#Cc1ccccc1NC(=O)CCOc1ccccc1. The zero-order chi connectivity index (χ0) is 14.2. The maximum atomic E-state index is 11.8. The van der Waals surface area contributed by atoms with Gasteiger partial charge in [0.2, 0.25) is 5.91 Å². The minimum atomic E-state index is -0.177. The number of amides is 1. The van der Waals surface area contributed by atoms with Crippen molar-refractivity contribution in [2.75, 3.05) is 11.9 Å². The van der Waals surface area contributed by atoms with Crippen molar-refractivity contribution in [2.24, 2.45) is 0 Å². The van der Waals surface area contributed by atoms with Crippen LogP contribution in [0.25, 0.3) is 0 Å². The van der Waals surface area contributed by atoms with Crippen molar-refractivity contribution < 1.29 is 9.53 Å². The van der Waals surface area contributed by atoms with E-state index in [4.69, 9.17) is 10.00 Å². The minimum absolute atomic E-state index is 0.177. The number of ether oxygens (including phenoxy) is 1. The molecule has 0 spiro atoms. The van der Waals surface area contributed by atoms with E-state index < -0.39 is 0 Å². The molecule has 0 unspecified atom stereocenters. The predicted molar refractivity (Wildman–Crippen MR) is 76.3 cm³/mol. The van der Waals surface area contributed by atoms with Gasteiger partial charge in [0.1, 0.15) is 11.8 Å². The van der Waals surface area contributed by atoms with Gasteiger partial charge >= 0.3 is 0 Å². The third-order valence-corrected chi connectivity index (χ3v) is 2.66. The Bertz CT molecular complexity index is 618. The Labute approximate surface area is 117 Å². The fourth-order valence-electron chi connectivity index (χ4n) is 1.68. The van der Waals surface area contributed by atoms with Crippen LogP contribution in [-0.2, 0) is 4.79 Å². The van der Waals surface area contributed by atoms with Crippen LogP contribution in [0.15, 0.2) is 54.6 Å². The van der Waals surface area contributed by atoms with Crippen LogP contribution in [0.5, 0.6) is 5.75 Å². The van der Waals surface area contributed by atoms with Crippen molar-refractivity contribution in [3.05, 3.63) is 60.2 Å². The molecule has 0 atom stereocenters. The van der Waals surface area contributed by atoms with Crippen molar-refractivity contribution in [3.8, 4) is 11.8 Å². The number of nitrogens with one attached hydrogen (secondary N) is 1. The molecule has 1 N–H and O–H groups in total. The lowest BCUT2D eigenvalue weighted by Gasteiger charge is -2.08. The Kier molecular flexibility index (Phi) is 4.74. The maximum Gasteiger partial charge on any atom is 0.227 e. The van der Waals surface area contributed by atoms with Crippen LogP contribution < -0.4 is 10.1 Å². The Morgan fingerprint density at radius 2 is 1.80 bits per heavy atom. The second-order valence-electron chi connectivity index (χ2n) is 4.12. The van der Waals surface area contributed by atoms with Gasteiger partial charge in [0.05, 0.1) is 24.3 Å². The molecule has 0 aliphatic carbocycles. The molecule has 0 aromatic heterocycles. The largest absolute Gasteiger partial charge is 0.493 e. The number of anilines is 1. The summed E-state index contributed by atoms with van der Waals surface area (Å²) < 4.78 is 5.45. The van der Waals surface area contributed by atoms with Crippen molar-refractivity contribution in [1.82, 2.24) is 0 Å². The molecular formula is C16H14N2O2. The van der Waals surface area contributed by atoms with Crippen LogP contribution in [0.4, 0.5) is 5.69 Å². The van der Waals surface area contributed by atoms with Gasteiger partial charge < -0.3 is 10.1 Å². The molecule has 4 heteroatoms. The summed E-state index contributed by atoms with van der Waals surface area (Å²) in [5, 5.41) is 11.6. The average molecular weight is 266 g/mol. The van der Waals surface area contributed by atoms with Crippen molar-refractivity contribution in [3.63, 3.8) is 0 Å². The van der Waals surface area contributed by atoms with Crippen LogP contribution in [0.3, 0.4) is 0 Å². The molecule has 0 heterocycles. The summed E-state index contributed by atoms with van der Waals surface area (Å²) in [4.78, 5) is 11.8. The molecule has 0 radical (unpaired) electrons. The maximum absolute atomic E-state index is 11.8. The number of hydrogen-bond donors (Lipinski definition) is 1. The Hall–Kier alpha value is -2.80. The number of para-hydroxylation sites is 2. The lowest BCUT2D eigenvalue weighted by molar-refractivity contribution is -0.116. The number of carbonyl (C=O) groups is 1. The van der Waals surface area contributed by atoms with E-state index in [1.165, 1.54) is 0 Å². The first kappa shape index (κ1) is 13.6. The monoisotopic (exact) mass is 266 g/mol. The highest BCUT2D eigenvalue weighted by molar-refractivity contribution is 5.92. The Balaban J connectivity index is 1.83. The molecule has 4 nitrogen and oxygen atoms in total. The summed E-state index contributed by atoms with van der Waals surface area (Å²) in [5.74, 6) is 0.557. The lowest BCUT2D eigenvalue weighted by Crippen LogP contribution is -2.15. The third kappa shape index (κ3) is 3.85. The Morgan fingerprint density at radius 3 is 2.55 bits per heavy atom. The summed E-state index contributed by atoms with van der Waals surface area (Å²) in [6.07, 6.45) is 0.231. The molecule has 1 amide bonds. The normalized spacial score (nSPS) is 9.55. The van der Waals surface area contributed by atoms with Gasteiger partial charge in [-0.3, -0.25) is 4.79 Å². The van der Waals surface area contributed by atoms with Crippen molar-refractivity contribution in [1.29, 1.82) is 5.26 Å².